The number of para-hydroxylation sites is 1. The number of rotatable bonds is 3. The van der Waals surface area contributed by atoms with Crippen molar-refractivity contribution in [1.82, 2.24) is 0 Å². The van der Waals surface area contributed by atoms with Gasteiger partial charge in [-0.1, -0.05) is 12.1 Å². The Morgan fingerprint density at radius 1 is 1.45 bits per heavy atom. The van der Waals surface area contributed by atoms with Crippen molar-refractivity contribution in [3.8, 4) is 0 Å². The second-order valence-electron chi connectivity index (χ2n) is 4.30. The molecule has 5 nitrogen and oxygen atoms in total. The van der Waals surface area contributed by atoms with Crippen LogP contribution in [0.5, 0.6) is 0 Å². The van der Waals surface area contributed by atoms with Gasteiger partial charge in [0.05, 0.1) is 17.9 Å². The second-order valence-corrected chi connectivity index (χ2v) is 5.45. The van der Waals surface area contributed by atoms with Crippen LogP contribution >= 0.6 is 11.8 Å². The van der Waals surface area contributed by atoms with Crippen LogP contribution in [0.3, 0.4) is 0 Å². The van der Waals surface area contributed by atoms with Crippen LogP contribution in [0.2, 0.25) is 0 Å². The Morgan fingerprint density at radius 3 is 2.80 bits per heavy atom. The summed E-state index contributed by atoms with van der Waals surface area (Å²) < 4.78 is 4.98. The van der Waals surface area contributed by atoms with Gasteiger partial charge in [-0.3, -0.25) is 4.79 Å². The molecule has 1 aliphatic heterocycles. The monoisotopic (exact) mass is 292 g/mol. The van der Waals surface area contributed by atoms with Gasteiger partial charge < -0.3 is 15.8 Å². The van der Waals surface area contributed by atoms with Gasteiger partial charge in [0.2, 0.25) is 5.91 Å². The molecule has 2 rings (SSSR count). The topological polar surface area (TPSA) is 81.4 Å². The van der Waals surface area contributed by atoms with E-state index in [1.54, 1.807) is 13.8 Å². The number of benzene rings is 1. The van der Waals surface area contributed by atoms with Gasteiger partial charge in [0.15, 0.2) is 0 Å². The minimum atomic E-state index is -0.686. The van der Waals surface area contributed by atoms with Crippen molar-refractivity contribution >= 4 is 29.3 Å². The molecule has 1 aromatic carbocycles. The highest BCUT2D eigenvalue weighted by atomic mass is 32.2. The van der Waals surface area contributed by atoms with Crippen LogP contribution in [-0.4, -0.2) is 23.7 Å². The fourth-order valence-electron chi connectivity index (χ4n) is 1.93. The highest BCUT2D eigenvalue weighted by Crippen LogP contribution is 2.38. The Hall–Kier alpha value is -1.95. The number of nitrogens with one attached hydrogen (secondary N) is 1. The van der Waals surface area contributed by atoms with Crippen LogP contribution in [-0.2, 0) is 14.3 Å². The minimum Gasteiger partial charge on any atom is -0.463 e. The van der Waals surface area contributed by atoms with Crippen LogP contribution in [0.15, 0.2) is 40.4 Å². The molecule has 106 valence electrons. The van der Waals surface area contributed by atoms with Crippen LogP contribution in [0, 0.1) is 0 Å². The average Bonchev–Trinajstić information content (AvgIpc) is 2.39. The molecule has 3 N–H and O–H groups in total. The molecule has 1 heterocycles. The molecule has 1 unspecified atom stereocenters. The van der Waals surface area contributed by atoms with E-state index in [1.165, 1.54) is 11.8 Å². The molecule has 1 amide bonds. The molecular weight excluding hydrogens is 276 g/mol. The van der Waals surface area contributed by atoms with Crippen molar-refractivity contribution < 1.29 is 14.3 Å². The third-order valence-corrected chi connectivity index (χ3v) is 4.11. The third kappa shape index (κ3) is 2.80. The summed E-state index contributed by atoms with van der Waals surface area (Å²) >= 11 is 1.30. The number of anilines is 1. The smallest absolute Gasteiger partial charge is 0.337 e. The van der Waals surface area contributed by atoms with E-state index in [4.69, 9.17) is 10.5 Å². The molecule has 1 aromatic rings. The van der Waals surface area contributed by atoms with Gasteiger partial charge >= 0.3 is 5.97 Å². The first kappa shape index (κ1) is 14.5. The van der Waals surface area contributed by atoms with Gasteiger partial charge in [0.1, 0.15) is 5.25 Å². The summed E-state index contributed by atoms with van der Waals surface area (Å²) in [4.78, 5) is 25.1. The Morgan fingerprint density at radius 2 is 2.15 bits per heavy atom. The lowest BCUT2D eigenvalue weighted by molar-refractivity contribution is -0.139. The Kier molecular flexibility index (Phi) is 4.34. The second kappa shape index (κ2) is 6.00. The molecule has 0 aromatic heterocycles. The Balaban J connectivity index is 2.35. The standard InChI is InChI=1S/C14H16N2O3S/c1-3-19-14(18)11(8(2)15)12-13(17)16-9-6-4-5-7-10(9)20-12/h4-7,12H,3,15H2,1-2H3,(H,16,17)/b11-8-. The highest BCUT2D eigenvalue weighted by Gasteiger charge is 2.35. The van der Waals surface area contributed by atoms with E-state index < -0.39 is 11.2 Å². The van der Waals surface area contributed by atoms with E-state index in [9.17, 15) is 9.59 Å². The lowest BCUT2D eigenvalue weighted by Gasteiger charge is -2.25. The quantitative estimate of drug-likeness (QED) is 0.657. The summed E-state index contributed by atoms with van der Waals surface area (Å²) in [6.45, 7) is 3.55. The molecule has 0 saturated heterocycles. The van der Waals surface area contributed by atoms with Crippen LogP contribution < -0.4 is 11.1 Å². The molecule has 0 radical (unpaired) electrons. The van der Waals surface area contributed by atoms with Gasteiger partial charge in [-0.05, 0) is 26.0 Å². The summed E-state index contributed by atoms with van der Waals surface area (Å²) in [6, 6.07) is 7.43. The Bertz CT molecular complexity index is 580. The normalized spacial score (nSPS) is 18.7. The largest absolute Gasteiger partial charge is 0.463 e. The SMILES string of the molecule is CCOC(=O)/C(=C(/C)N)C1Sc2ccccc2NC1=O. The maximum atomic E-state index is 12.2. The maximum absolute atomic E-state index is 12.2. The summed E-state index contributed by atoms with van der Waals surface area (Å²) in [6.07, 6.45) is 0. The van der Waals surface area contributed by atoms with E-state index in [1.807, 2.05) is 24.3 Å². The van der Waals surface area contributed by atoms with Crippen molar-refractivity contribution in [2.24, 2.45) is 5.73 Å². The number of ether oxygens (including phenoxy) is 1. The summed E-state index contributed by atoms with van der Waals surface area (Å²) in [5.74, 6) is -0.805. The number of esters is 1. The van der Waals surface area contributed by atoms with Gasteiger partial charge in [0, 0.05) is 10.6 Å². The third-order valence-electron chi connectivity index (χ3n) is 2.81. The average molecular weight is 292 g/mol. The zero-order chi connectivity index (χ0) is 14.7. The first-order chi connectivity index (χ1) is 9.54. The van der Waals surface area contributed by atoms with E-state index in [0.29, 0.717) is 5.70 Å². The first-order valence-corrected chi connectivity index (χ1v) is 7.12. The lowest BCUT2D eigenvalue weighted by Crippen LogP contribution is -2.35. The van der Waals surface area contributed by atoms with E-state index in [2.05, 4.69) is 5.32 Å². The van der Waals surface area contributed by atoms with Crippen LogP contribution in [0.25, 0.3) is 0 Å². The van der Waals surface area contributed by atoms with Gasteiger partial charge in [-0.2, -0.15) is 0 Å². The number of carbonyl (C=O) groups is 2. The molecule has 0 bridgehead atoms. The predicted octanol–water partition coefficient (Wildman–Crippen LogP) is 1.90. The molecule has 20 heavy (non-hydrogen) atoms. The van der Waals surface area contributed by atoms with E-state index in [0.717, 1.165) is 10.6 Å². The molecule has 1 aliphatic rings. The van der Waals surface area contributed by atoms with E-state index >= 15 is 0 Å². The van der Waals surface area contributed by atoms with Crippen molar-refractivity contribution in [2.75, 3.05) is 11.9 Å². The number of thioether (sulfide) groups is 1. The number of hydrogen-bond donors (Lipinski definition) is 2. The number of hydrogen-bond acceptors (Lipinski definition) is 5. The van der Waals surface area contributed by atoms with Crippen LogP contribution in [0.4, 0.5) is 5.69 Å². The van der Waals surface area contributed by atoms with Gasteiger partial charge in [-0.15, -0.1) is 11.8 Å². The number of nitrogens with two attached hydrogens (primary N) is 1. The summed E-state index contributed by atoms with van der Waals surface area (Å²) in [5.41, 5.74) is 7.03. The van der Waals surface area contributed by atoms with Gasteiger partial charge in [0.25, 0.3) is 0 Å². The first-order valence-electron chi connectivity index (χ1n) is 6.24. The van der Waals surface area contributed by atoms with Gasteiger partial charge in [-0.25, -0.2) is 4.79 Å². The number of allylic oxidation sites excluding steroid dienone is 1. The molecule has 0 aliphatic carbocycles. The van der Waals surface area contributed by atoms with E-state index in [-0.39, 0.29) is 18.1 Å². The number of fused-ring (bicyclic) bond motifs is 1. The zero-order valence-corrected chi connectivity index (χ0v) is 12.1. The van der Waals surface area contributed by atoms with Crippen molar-refractivity contribution in [3.05, 3.63) is 35.5 Å². The Labute approximate surface area is 121 Å². The molecular formula is C14H16N2O3S. The van der Waals surface area contributed by atoms with Crippen molar-refractivity contribution in [2.45, 2.75) is 24.0 Å². The fourth-order valence-corrected chi connectivity index (χ4v) is 3.15. The lowest BCUT2D eigenvalue weighted by atomic mass is 10.1. The highest BCUT2D eigenvalue weighted by molar-refractivity contribution is 8.01. The van der Waals surface area contributed by atoms with Crippen molar-refractivity contribution in [1.29, 1.82) is 0 Å². The maximum Gasteiger partial charge on any atom is 0.337 e. The summed E-state index contributed by atoms with van der Waals surface area (Å²) in [7, 11) is 0. The van der Waals surface area contributed by atoms with Crippen LogP contribution in [0.1, 0.15) is 13.8 Å². The molecule has 1 atom stereocenters. The minimum absolute atomic E-state index is 0.212. The summed E-state index contributed by atoms with van der Waals surface area (Å²) in [5, 5.41) is 2.10. The number of carbonyl (C=O) groups excluding carboxylic acids is 2. The molecule has 0 fully saturated rings. The number of amides is 1. The zero-order valence-electron chi connectivity index (χ0n) is 11.3. The fraction of sp³-hybridized carbons (Fsp3) is 0.286. The van der Waals surface area contributed by atoms with Crippen molar-refractivity contribution in [3.63, 3.8) is 0 Å². The molecule has 0 saturated carbocycles. The molecule has 6 heteroatoms. The molecule has 0 spiro atoms. The predicted molar refractivity (Wildman–Crippen MR) is 78.2 cm³/mol.